The van der Waals surface area contributed by atoms with Crippen molar-refractivity contribution >= 4 is 12.2 Å². The van der Waals surface area contributed by atoms with Gasteiger partial charge in [-0.15, -0.1) is 10.2 Å². The van der Waals surface area contributed by atoms with Crippen LogP contribution in [0.5, 0.6) is 5.75 Å². The summed E-state index contributed by atoms with van der Waals surface area (Å²) < 4.78 is 33.9. The fourth-order valence-corrected chi connectivity index (χ4v) is 1.82. The molecule has 0 fully saturated rings. The number of ether oxygens (including phenoxy) is 1. The molecule has 0 saturated carbocycles. The third-order valence-electron chi connectivity index (χ3n) is 2.85. The number of benzene rings is 1. The molecule has 0 spiro atoms. The molecular formula is C16H11F2N3O2. The van der Waals surface area contributed by atoms with Gasteiger partial charge in [-0.1, -0.05) is 18.2 Å². The Morgan fingerprint density at radius 1 is 1.00 bits per heavy atom. The smallest absolute Gasteiger partial charge is 0.387 e. The summed E-state index contributed by atoms with van der Waals surface area (Å²) in [6, 6.07) is 11.6. The Hall–Kier alpha value is -3.09. The fourth-order valence-electron chi connectivity index (χ4n) is 1.82. The van der Waals surface area contributed by atoms with Crippen LogP contribution in [-0.2, 0) is 0 Å². The lowest BCUT2D eigenvalue weighted by Gasteiger charge is -2.03. The zero-order valence-electron chi connectivity index (χ0n) is 11.8. The first-order valence-corrected chi connectivity index (χ1v) is 6.68. The highest BCUT2D eigenvalue weighted by Gasteiger charge is 2.07. The highest BCUT2D eigenvalue weighted by Crippen LogP contribution is 2.18. The Morgan fingerprint density at radius 3 is 2.52 bits per heavy atom. The van der Waals surface area contributed by atoms with E-state index in [0.29, 0.717) is 17.5 Å². The summed E-state index contributed by atoms with van der Waals surface area (Å²) >= 11 is 0. The molecule has 0 aliphatic carbocycles. The molecule has 0 aliphatic rings. The standard InChI is InChI=1S/C16H11F2N3O2/c17-16(18)22-12-7-4-11(5-8-12)6-9-14-20-21-15(23-14)13-3-1-2-10-19-13/h1-10,16H/b9-6-. The molecule has 3 rings (SSSR count). The predicted molar refractivity (Wildman–Crippen MR) is 79.5 cm³/mol. The Kier molecular flexibility index (Phi) is 4.37. The lowest BCUT2D eigenvalue weighted by Crippen LogP contribution is -2.01. The average Bonchev–Trinajstić information content (AvgIpc) is 3.04. The van der Waals surface area contributed by atoms with Crippen LogP contribution in [-0.4, -0.2) is 21.8 Å². The highest BCUT2D eigenvalue weighted by molar-refractivity contribution is 5.66. The van der Waals surface area contributed by atoms with Gasteiger partial charge >= 0.3 is 6.61 Å². The van der Waals surface area contributed by atoms with Gasteiger partial charge in [-0.05, 0) is 35.9 Å². The molecule has 23 heavy (non-hydrogen) atoms. The number of aromatic nitrogens is 3. The first-order valence-electron chi connectivity index (χ1n) is 6.68. The average molecular weight is 315 g/mol. The van der Waals surface area contributed by atoms with Crippen molar-refractivity contribution in [1.29, 1.82) is 0 Å². The third kappa shape index (κ3) is 3.97. The van der Waals surface area contributed by atoms with Gasteiger partial charge in [0.1, 0.15) is 11.4 Å². The first-order chi connectivity index (χ1) is 11.2. The molecule has 0 radical (unpaired) electrons. The van der Waals surface area contributed by atoms with Crippen LogP contribution < -0.4 is 4.74 Å². The van der Waals surface area contributed by atoms with E-state index in [1.807, 2.05) is 6.07 Å². The van der Waals surface area contributed by atoms with Crippen molar-refractivity contribution in [3.05, 3.63) is 60.1 Å². The van der Waals surface area contributed by atoms with Gasteiger partial charge in [0.2, 0.25) is 5.89 Å². The molecular weight excluding hydrogens is 304 g/mol. The monoisotopic (exact) mass is 315 g/mol. The molecule has 3 aromatic rings. The van der Waals surface area contributed by atoms with Crippen molar-refractivity contribution in [3.63, 3.8) is 0 Å². The van der Waals surface area contributed by atoms with E-state index in [0.717, 1.165) is 5.56 Å². The van der Waals surface area contributed by atoms with Gasteiger partial charge in [0.05, 0.1) is 0 Å². The van der Waals surface area contributed by atoms with Crippen LogP contribution in [0.15, 0.2) is 53.1 Å². The van der Waals surface area contributed by atoms with E-state index >= 15 is 0 Å². The number of nitrogens with zero attached hydrogens (tertiary/aromatic N) is 3. The minimum Gasteiger partial charge on any atom is -0.435 e. The highest BCUT2D eigenvalue weighted by atomic mass is 19.3. The molecule has 2 aromatic heterocycles. The molecule has 7 heteroatoms. The number of alkyl halides is 2. The zero-order chi connectivity index (χ0) is 16.1. The topological polar surface area (TPSA) is 61.0 Å². The Labute approximate surface area is 130 Å². The summed E-state index contributed by atoms with van der Waals surface area (Å²) in [6.07, 6.45) is 4.99. The van der Waals surface area contributed by atoms with E-state index in [4.69, 9.17) is 4.42 Å². The van der Waals surface area contributed by atoms with E-state index in [-0.39, 0.29) is 5.75 Å². The van der Waals surface area contributed by atoms with Crippen LogP contribution in [0, 0.1) is 0 Å². The lowest BCUT2D eigenvalue weighted by molar-refractivity contribution is -0.0498. The van der Waals surface area contributed by atoms with Crippen molar-refractivity contribution in [1.82, 2.24) is 15.2 Å². The van der Waals surface area contributed by atoms with E-state index in [1.165, 1.54) is 12.1 Å². The maximum atomic E-state index is 12.1. The summed E-state index contributed by atoms with van der Waals surface area (Å²) in [4.78, 5) is 4.12. The molecule has 2 heterocycles. The van der Waals surface area contributed by atoms with Gasteiger partial charge < -0.3 is 9.15 Å². The largest absolute Gasteiger partial charge is 0.435 e. The van der Waals surface area contributed by atoms with Crippen LogP contribution in [0.3, 0.4) is 0 Å². The number of pyridine rings is 1. The molecule has 116 valence electrons. The van der Waals surface area contributed by atoms with E-state index < -0.39 is 6.61 Å². The van der Waals surface area contributed by atoms with Gasteiger partial charge in [-0.25, -0.2) is 0 Å². The lowest BCUT2D eigenvalue weighted by atomic mass is 10.2. The first kappa shape index (κ1) is 14.8. The number of hydrogen-bond donors (Lipinski definition) is 0. The van der Waals surface area contributed by atoms with Crippen LogP contribution in [0.1, 0.15) is 11.5 Å². The van der Waals surface area contributed by atoms with Crippen LogP contribution >= 0.6 is 0 Å². The van der Waals surface area contributed by atoms with E-state index in [9.17, 15) is 8.78 Å². The second-order valence-corrected chi connectivity index (χ2v) is 4.44. The minimum absolute atomic E-state index is 0.104. The van der Waals surface area contributed by atoms with Crippen molar-refractivity contribution in [2.45, 2.75) is 6.61 Å². The maximum absolute atomic E-state index is 12.1. The Balaban J connectivity index is 1.70. The molecule has 0 unspecified atom stereocenters. The molecule has 0 aliphatic heterocycles. The summed E-state index contributed by atoms with van der Waals surface area (Å²) in [7, 11) is 0. The molecule has 0 atom stereocenters. The van der Waals surface area contributed by atoms with E-state index in [1.54, 1.807) is 42.6 Å². The number of halogens is 2. The molecule has 0 bridgehead atoms. The Morgan fingerprint density at radius 2 is 1.83 bits per heavy atom. The van der Waals surface area contributed by atoms with Crippen molar-refractivity contribution in [2.75, 3.05) is 0 Å². The molecule has 0 amide bonds. The van der Waals surface area contributed by atoms with Gasteiger partial charge in [-0.3, -0.25) is 4.98 Å². The molecule has 5 nitrogen and oxygen atoms in total. The van der Waals surface area contributed by atoms with Crippen LogP contribution in [0.2, 0.25) is 0 Å². The molecule has 0 N–H and O–H groups in total. The quantitative estimate of drug-likeness (QED) is 0.714. The SMILES string of the molecule is FC(F)Oc1ccc(/C=C\c2nnc(-c3ccccn3)o2)cc1. The molecule has 0 saturated heterocycles. The summed E-state index contributed by atoms with van der Waals surface area (Å²) in [6.45, 7) is -2.83. The van der Waals surface area contributed by atoms with Crippen LogP contribution in [0.25, 0.3) is 23.7 Å². The summed E-state index contributed by atoms with van der Waals surface area (Å²) in [5.41, 5.74) is 1.37. The van der Waals surface area contributed by atoms with Crippen molar-refractivity contribution in [2.24, 2.45) is 0 Å². The normalized spacial score (nSPS) is 11.3. The van der Waals surface area contributed by atoms with E-state index in [2.05, 4.69) is 19.9 Å². The number of hydrogen-bond acceptors (Lipinski definition) is 5. The second kappa shape index (κ2) is 6.78. The van der Waals surface area contributed by atoms with Gasteiger partial charge in [0.25, 0.3) is 5.89 Å². The van der Waals surface area contributed by atoms with Crippen molar-refractivity contribution < 1.29 is 17.9 Å². The minimum atomic E-state index is -2.83. The van der Waals surface area contributed by atoms with Crippen LogP contribution in [0.4, 0.5) is 8.78 Å². The predicted octanol–water partition coefficient (Wildman–Crippen LogP) is 3.90. The molecule has 1 aromatic carbocycles. The van der Waals surface area contributed by atoms with Gasteiger partial charge in [0.15, 0.2) is 0 Å². The fraction of sp³-hybridized carbons (Fsp3) is 0.0625. The van der Waals surface area contributed by atoms with Crippen molar-refractivity contribution in [3.8, 4) is 17.3 Å². The summed E-state index contributed by atoms with van der Waals surface area (Å²) in [5, 5.41) is 7.81. The van der Waals surface area contributed by atoms with Gasteiger partial charge in [0, 0.05) is 12.3 Å². The Bertz CT molecular complexity index is 787. The maximum Gasteiger partial charge on any atom is 0.387 e. The third-order valence-corrected chi connectivity index (χ3v) is 2.85. The summed E-state index contributed by atoms with van der Waals surface area (Å²) in [5.74, 6) is 0.747. The zero-order valence-corrected chi connectivity index (χ0v) is 11.8. The van der Waals surface area contributed by atoms with Gasteiger partial charge in [-0.2, -0.15) is 8.78 Å². The number of rotatable bonds is 5. The second-order valence-electron chi connectivity index (χ2n) is 4.44.